The van der Waals surface area contributed by atoms with E-state index in [1.165, 1.54) is 0 Å². The van der Waals surface area contributed by atoms with E-state index in [-0.39, 0.29) is 5.88 Å². The van der Waals surface area contributed by atoms with E-state index >= 15 is 0 Å². The maximum absolute atomic E-state index is 11.7. The number of carbonyl (C=O) groups is 1. The summed E-state index contributed by atoms with van der Waals surface area (Å²) in [5.74, 6) is 0.260. The molecule has 2 rings (SSSR count). The van der Waals surface area contributed by atoms with Gasteiger partial charge in [-0.15, -0.1) is 0 Å². The third-order valence-corrected chi connectivity index (χ3v) is 2.04. The second-order valence-electron chi connectivity index (χ2n) is 3.47. The van der Waals surface area contributed by atoms with Crippen molar-refractivity contribution in [1.29, 1.82) is 0 Å². The molecule has 2 aromatic heterocycles. The van der Waals surface area contributed by atoms with Gasteiger partial charge in [0.2, 0.25) is 0 Å². The van der Waals surface area contributed by atoms with E-state index in [0.29, 0.717) is 17.0 Å². The van der Waals surface area contributed by atoms with Crippen LogP contribution in [-0.2, 0) is 7.05 Å². The van der Waals surface area contributed by atoms with Crippen LogP contribution < -0.4 is 4.74 Å². The molecule has 16 heavy (non-hydrogen) atoms. The molecule has 0 N–H and O–H groups in total. The summed E-state index contributed by atoms with van der Waals surface area (Å²) in [5.41, 5.74) is 1.04. The lowest BCUT2D eigenvalue weighted by Crippen LogP contribution is -2.09. The molecule has 0 aliphatic rings. The normalized spacial score (nSPS) is 10.4. The Morgan fingerprint density at radius 2 is 2.25 bits per heavy atom. The van der Waals surface area contributed by atoms with Gasteiger partial charge in [0.1, 0.15) is 11.3 Å². The third-order valence-electron chi connectivity index (χ3n) is 2.04. The van der Waals surface area contributed by atoms with Crippen molar-refractivity contribution in [2.75, 3.05) is 0 Å². The fraction of sp³-hybridized carbons (Fsp3) is 0.300. The highest BCUT2D eigenvalue weighted by molar-refractivity contribution is 5.91. The molecule has 0 fully saturated rings. The average molecular weight is 221 g/mol. The molecule has 0 saturated heterocycles. The van der Waals surface area contributed by atoms with Crippen LogP contribution >= 0.6 is 0 Å². The van der Waals surface area contributed by atoms with Gasteiger partial charge in [0, 0.05) is 19.3 Å². The number of aromatic nitrogens is 3. The van der Waals surface area contributed by atoms with Crippen LogP contribution in [0.15, 0.2) is 16.8 Å². The summed E-state index contributed by atoms with van der Waals surface area (Å²) in [6.07, 6.45) is 1.60. The van der Waals surface area contributed by atoms with Gasteiger partial charge in [-0.1, -0.05) is 0 Å². The van der Waals surface area contributed by atoms with Gasteiger partial charge in [0.05, 0.1) is 5.69 Å². The Kier molecular flexibility index (Phi) is 2.47. The highest BCUT2D eigenvalue weighted by Gasteiger charge is 2.16. The summed E-state index contributed by atoms with van der Waals surface area (Å²) < 4.78 is 11.4. The Morgan fingerprint density at radius 3 is 2.75 bits per heavy atom. The number of carbonyl (C=O) groups excluding carboxylic acids is 1. The van der Waals surface area contributed by atoms with Gasteiger partial charge in [-0.05, 0) is 19.0 Å². The van der Waals surface area contributed by atoms with Gasteiger partial charge >= 0.3 is 5.97 Å². The highest BCUT2D eigenvalue weighted by Crippen LogP contribution is 2.13. The van der Waals surface area contributed by atoms with E-state index < -0.39 is 5.97 Å². The van der Waals surface area contributed by atoms with Crippen LogP contribution in [0.1, 0.15) is 21.8 Å². The topological polar surface area (TPSA) is 70.2 Å². The number of esters is 1. The molecule has 2 heterocycles. The summed E-state index contributed by atoms with van der Waals surface area (Å²) in [6.45, 7) is 3.46. The van der Waals surface area contributed by atoms with E-state index in [1.807, 2.05) is 0 Å². The minimum absolute atomic E-state index is 0.158. The van der Waals surface area contributed by atoms with Crippen molar-refractivity contribution in [3.05, 3.63) is 29.3 Å². The average Bonchev–Trinajstić information content (AvgIpc) is 2.73. The Morgan fingerprint density at radius 1 is 1.50 bits per heavy atom. The molecule has 0 saturated carbocycles. The van der Waals surface area contributed by atoms with Gasteiger partial charge in [-0.3, -0.25) is 4.68 Å². The van der Waals surface area contributed by atoms with Crippen LogP contribution in [0.5, 0.6) is 5.88 Å². The van der Waals surface area contributed by atoms with Crippen LogP contribution in [0.3, 0.4) is 0 Å². The first-order chi connectivity index (χ1) is 7.56. The summed E-state index contributed by atoms with van der Waals surface area (Å²) in [4.78, 5) is 11.7. The van der Waals surface area contributed by atoms with E-state index in [9.17, 15) is 4.79 Å². The molecule has 84 valence electrons. The smallest absolute Gasteiger partial charge is 0.348 e. The van der Waals surface area contributed by atoms with Crippen molar-refractivity contribution in [2.45, 2.75) is 13.8 Å². The standard InChI is InChI=1S/C10H11N3O3/c1-6-4-9(12-16-6)15-10(14)8-5-13(3)11-7(8)2/h4-5H,1-3H3. The molecular weight excluding hydrogens is 210 g/mol. The Balaban J connectivity index is 2.17. The monoisotopic (exact) mass is 221 g/mol. The Labute approximate surface area is 91.8 Å². The van der Waals surface area contributed by atoms with Gasteiger partial charge in [-0.2, -0.15) is 5.10 Å². The molecule has 0 amide bonds. The van der Waals surface area contributed by atoms with Crippen molar-refractivity contribution >= 4 is 5.97 Å². The molecule has 0 aliphatic heterocycles. The predicted octanol–water partition coefficient (Wildman–Crippen LogP) is 1.24. The SMILES string of the molecule is Cc1cc(OC(=O)c2cn(C)nc2C)no1. The van der Waals surface area contributed by atoms with Crippen LogP contribution in [0.2, 0.25) is 0 Å². The minimum Gasteiger partial charge on any atom is -0.400 e. The third kappa shape index (κ3) is 1.95. The molecule has 0 unspecified atom stereocenters. The van der Waals surface area contributed by atoms with Crippen molar-refractivity contribution in [1.82, 2.24) is 14.9 Å². The number of hydrogen-bond donors (Lipinski definition) is 0. The van der Waals surface area contributed by atoms with Crippen LogP contribution in [0.4, 0.5) is 0 Å². The molecule has 0 bridgehead atoms. The fourth-order valence-electron chi connectivity index (χ4n) is 1.34. The second kappa shape index (κ2) is 3.80. The molecule has 6 heteroatoms. The molecule has 0 spiro atoms. The highest BCUT2D eigenvalue weighted by atomic mass is 16.6. The van der Waals surface area contributed by atoms with Crippen molar-refractivity contribution in [3.8, 4) is 5.88 Å². The van der Waals surface area contributed by atoms with Crippen molar-refractivity contribution in [2.24, 2.45) is 7.05 Å². The van der Waals surface area contributed by atoms with E-state index in [0.717, 1.165) is 0 Å². The number of nitrogens with zero attached hydrogens (tertiary/aromatic N) is 3. The predicted molar refractivity (Wildman–Crippen MR) is 54.1 cm³/mol. The number of ether oxygens (including phenoxy) is 1. The zero-order valence-corrected chi connectivity index (χ0v) is 9.22. The van der Waals surface area contributed by atoms with Gasteiger partial charge in [0.15, 0.2) is 0 Å². The quantitative estimate of drug-likeness (QED) is 0.713. The second-order valence-corrected chi connectivity index (χ2v) is 3.47. The Bertz CT molecular complexity index is 527. The lowest BCUT2D eigenvalue weighted by Gasteiger charge is -1.96. The van der Waals surface area contributed by atoms with Crippen molar-refractivity contribution < 1.29 is 14.1 Å². The van der Waals surface area contributed by atoms with E-state index in [4.69, 9.17) is 9.26 Å². The van der Waals surface area contributed by atoms with Crippen LogP contribution in [0, 0.1) is 13.8 Å². The first-order valence-electron chi connectivity index (χ1n) is 4.72. The molecule has 0 radical (unpaired) electrons. The van der Waals surface area contributed by atoms with Crippen LogP contribution in [0.25, 0.3) is 0 Å². The number of aryl methyl sites for hydroxylation is 3. The van der Waals surface area contributed by atoms with Gasteiger partial charge in [0.25, 0.3) is 5.88 Å². The molecule has 0 atom stereocenters. The van der Waals surface area contributed by atoms with Gasteiger partial charge in [-0.25, -0.2) is 4.79 Å². The first kappa shape index (κ1) is 10.4. The van der Waals surface area contributed by atoms with E-state index in [1.54, 1.807) is 37.8 Å². The summed E-state index contributed by atoms with van der Waals surface area (Å²) in [6, 6.07) is 1.55. The lowest BCUT2D eigenvalue weighted by atomic mass is 10.3. The maximum Gasteiger partial charge on any atom is 0.348 e. The van der Waals surface area contributed by atoms with Gasteiger partial charge < -0.3 is 9.26 Å². The largest absolute Gasteiger partial charge is 0.400 e. The Hall–Kier alpha value is -2.11. The summed E-state index contributed by atoms with van der Waals surface area (Å²) >= 11 is 0. The maximum atomic E-state index is 11.7. The lowest BCUT2D eigenvalue weighted by molar-refractivity contribution is 0.0720. The summed E-state index contributed by atoms with van der Waals surface area (Å²) in [7, 11) is 1.74. The fourth-order valence-corrected chi connectivity index (χ4v) is 1.34. The summed E-state index contributed by atoms with van der Waals surface area (Å²) in [5, 5.41) is 7.62. The van der Waals surface area contributed by atoms with E-state index in [2.05, 4.69) is 10.3 Å². The molecule has 6 nitrogen and oxygen atoms in total. The molecular formula is C10H11N3O3. The first-order valence-corrected chi connectivity index (χ1v) is 4.72. The molecule has 2 aromatic rings. The van der Waals surface area contributed by atoms with Crippen LogP contribution in [-0.4, -0.2) is 20.9 Å². The molecule has 0 aliphatic carbocycles. The number of rotatable bonds is 2. The zero-order chi connectivity index (χ0) is 11.7. The zero-order valence-electron chi connectivity index (χ0n) is 9.22. The minimum atomic E-state index is -0.487. The number of hydrogen-bond acceptors (Lipinski definition) is 5. The molecule has 0 aromatic carbocycles. The van der Waals surface area contributed by atoms with Crippen molar-refractivity contribution in [3.63, 3.8) is 0 Å².